The first-order chi connectivity index (χ1) is 13.3. The van der Waals surface area contributed by atoms with E-state index >= 15 is 0 Å². The zero-order valence-electron chi connectivity index (χ0n) is 15.7. The summed E-state index contributed by atoms with van der Waals surface area (Å²) in [6.45, 7) is 4.00. The molecule has 2 aromatic carbocycles. The summed E-state index contributed by atoms with van der Waals surface area (Å²) in [5.74, 6) is 0.484. The summed E-state index contributed by atoms with van der Waals surface area (Å²) in [7, 11) is 1.41. The Morgan fingerprint density at radius 3 is 2.78 bits per heavy atom. The Kier molecular flexibility index (Phi) is 5.26. The van der Waals surface area contributed by atoms with Gasteiger partial charge in [0.2, 0.25) is 0 Å². The van der Waals surface area contributed by atoms with Crippen LogP contribution >= 0.6 is 0 Å². The molecule has 0 saturated carbocycles. The maximum Gasteiger partial charge on any atom is 0.337 e. The Bertz CT molecular complexity index is 866. The van der Waals surface area contributed by atoms with E-state index in [-0.39, 0.29) is 5.97 Å². The second-order valence-corrected chi connectivity index (χ2v) is 7.10. The van der Waals surface area contributed by atoms with Crippen molar-refractivity contribution in [3.8, 4) is 5.75 Å². The fourth-order valence-corrected chi connectivity index (χ4v) is 3.94. The minimum atomic E-state index is -0.327. The second-order valence-electron chi connectivity index (χ2n) is 7.10. The fraction of sp³-hybridized carbons (Fsp3) is 0.348. The Morgan fingerprint density at radius 2 is 1.96 bits per heavy atom. The summed E-state index contributed by atoms with van der Waals surface area (Å²) < 4.78 is 11.0. The van der Waals surface area contributed by atoms with Crippen LogP contribution in [0.3, 0.4) is 0 Å². The van der Waals surface area contributed by atoms with Gasteiger partial charge in [-0.2, -0.15) is 0 Å². The van der Waals surface area contributed by atoms with Gasteiger partial charge >= 0.3 is 5.97 Å². The van der Waals surface area contributed by atoms with Gasteiger partial charge in [-0.3, -0.25) is 0 Å². The summed E-state index contributed by atoms with van der Waals surface area (Å²) in [6, 6.07) is 13.9. The largest absolute Gasteiger partial charge is 0.488 e. The Balaban J connectivity index is 1.73. The zero-order valence-corrected chi connectivity index (χ0v) is 15.7. The van der Waals surface area contributed by atoms with E-state index in [1.165, 1.54) is 44.2 Å². The van der Waals surface area contributed by atoms with E-state index in [0.717, 1.165) is 29.9 Å². The minimum absolute atomic E-state index is 0.327. The van der Waals surface area contributed by atoms with Crippen LogP contribution in [0.4, 0.5) is 0 Å². The molecule has 0 spiro atoms. The van der Waals surface area contributed by atoms with Crippen molar-refractivity contribution in [3.05, 3.63) is 70.8 Å². The molecule has 0 aromatic heterocycles. The maximum absolute atomic E-state index is 12.0. The van der Waals surface area contributed by atoms with Crippen LogP contribution in [0.5, 0.6) is 5.75 Å². The molecule has 0 unspecified atom stereocenters. The SMILES string of the molecule is COC(=O)c1ccc2c(c1)/C(=C/CCN1CCCC1)c1ccccc1CO2. The number of nitrogens with zero attached hydrogens (tertiary/aromatic N) is 1. The predicted molar refractivity (Wildman–Crippen MR) is 106 cm³/mol. The van der Waals surface area contributed by atoms with Gasteiger partial charge < -0.3 is 14.4 Å². The summed E-state index contributed by atoms with van der Waals surface area (Å²) >= 11 is 0. The van der Waals surface area contributed by atoms with Crippen molar-refractivity contribution in [1.82, 2.24) is 4.90 Å². The van der Waals surface area contributed by atoms with Crippen molar-refractivity contribution in [3.63, 3.8) is 0 Å². The van der Waals surface area contributed by atoms with Gasteiger partial charge in [0, 0.05) is 12.1 Å². The molecule has 4 rings (SSSR count). The molecule has 2 heterocycles. The number of carbonyl (C=O) groups excluding carboxylic acids is 1. The predicted octanol–water partition coefficient (Wildman–Crippen LogP) is 4.28. The maximum atomic E-state index is 12.0. The molecule has 1 saturated heterocycles. The molecule has 1 fully saturated rings. The lowest BCUT2D eigenvalue weighted by Crippen LogP contribution is -2.19. The molecule has 4 nitrogen and oxygen atoms in total. The van der Waals surface area contributed by atoms with Crippen molar-refractivity contribution in [2.75, 3.05) is 26.7 Å². The first-order valence-corrected chi connectivity index (χ1v) is 9.62. The molecule has 140 valence electrons. The molecule has 2 aromatic rings. The highest BCUT2D eigenvalue weighted by Gasteiger charge is 2.21. The zero-order chi connectivity index (χ0) is 18.6. The summed E-state index contributed by atoms with van der Waals surface area (Å²) in [5.41, 5.74) is 5.00. The van der Waals surface area contributed by atoms with Crippen LogP contribution < -0.4 is 4.74 Å². The highest BCUT2D eigenvalue weighted by Crippen LogP contribution is 2.37. The van der Waals surface area contributed by atoms with Crippen LogP contribution in [0.15, 0.2) is 48.5 Å². The summed E-state index contributed by atoms with van der Waals surface area (Å²) in [4.78, 5) is 14.6. The first-order valence-electron chi connectivity index (χ1n) is 9.62. The average Bonchev–Trinajstić information content (AvgIpc) is 3.17. The Morgan fingerprint density at radius 1 is 1.15 bits per heavy atom. The lowest BCUT2D eigenvalue weighted by Gasteiger charge is -2.15. The average molecular weight is 363 g/mol. The third-order valence-electron chi connectivity index (χ3n) is 5.37. The van der Waals surface area contributed by atoms with Gasteiger partial charge in [-0.25, -0.2) is 4.79 Å². The Labute approximate surface area is 160 Å². The van der Waals surface area contributed by atoms with Gasteiger partial charge in [-0.15, -0.1) is 0 Å². The van der Waals surface area contributed by atoms with Crippen molar-refractivity contribution in [2.45, 2.75) is 25.9 Å². The first kappa shape index (κ1) is 17.8. The van der Waals surface area contributed by atoms with E-state index in [1.54, 1.807) is 6.07 Å². The number of methoxy groups -OCH3 is 1. The van der Waals surface area contributed by atoms with Crippen LogP contribution in [0.25, 0.3) is 5.57 Å². The molecular formula is C23H25NO3. The Hall–Kier alpha value is -2.59. The van der Waals surface area contributed by atoms with E-state index < -0.39 is 0 Å². The molecule has 0 N–H and O–H groups in total. The summed E-state index contributed by atoms with van der Waals surface area (Å²) in [5, 5.41) is 0. The van der Waals surface area contributed by atoms with Gasteiger partial charge in [-0.1, -0.05) is 30.3 Å². The van der Waals surface area contributed by atoms with Gasteiger partial charge in [0.25, 0.3) is 0 Å². The van der Waals surface area contributed by atoms with Gasteiger partial charge in [0.1, 0.15) is 12.4 Å². The molecule has 0 atom stereocenters. The van der Waals surface area contributed by atoms with Crippen LogP contribution in [-0.2, 0) is 11.3 Å². The molecule has 4 heteroatoms. The molecule has 0 bridgehead atoms. The minimum Gasteiger partial charge on any atom is -0.488 e. The fourth-order valence-electron chi connectivity index (χ4n) is 3.94. The van der Waals surface area contributed by atoms with E-state index in [0.29, 0.717) is 12.2 Å². The standard InChI is InChI=1S/C23H25NO3/c1-26-23(25)17-10-11-22-21(15-17)20(9-6-14-24-12-4-5-13-24)19-8-3-2-7-18(19)16-27-22/h2-3,7-11,15H,4-6,12-14,16H2,1H3/b20-9+. The number of likely N-dealkylation sites (tertiary alicyclic amines) is 1. The molecule has 2 aliphatic rings. The quantitative estimate of drug-likeness (QED) is 0.760. The number of hydrogen-bond donors (Lipinski definition) is 0. The molecule has 0 amide bonds. The monoisotopic (exact) mass is 363 g/mol. The normalized spacial score (nSPS) is 17.7. The summed E-state index contributed by atoms with van der Waals surface area (Å²) in [6.07, 6.45) is 5.88. The van der Waals surface area contributed by atoms with Crippen molar-refractivity contribution >= 4 is 11.5 Å². The third kappa shape index (κ3) is 3.76. The molecular weight excluding hydrogens is 338 g/mol. The van der Waals surface area contributed by atoms with E-state index in [4.69, 9.17) is 9.47 Å². The van der Waals surface area contributed by atoms with Crippen LogP contribution in [0, 0.1) is 0 Å². The number of benzene rings is 2. The number of esters is 1. The highest BCUT2D eigenvalue weighted by atomic mass is 16.5. The number of carbonyl (C=O) groups is 1. The molecule has 27 heavy (non-hydrogen) atoms. The lowest BCUT2D eigenvalue weighted by molar-refractivity contribution is 0.0600. The van der Waals surface area contributed by atoms with Gasteiger partial charge in [0.15, 0.2) is 0 Å². The van der Waals surface area contributed by atoms with Crippen LogP contribution in [0.1, 0.15) is 46.3 Å². The van der Waals surface area contributed by atoms with Gasteiger partial charge in [-0.05, 0) is 67.3 Å². The number of hydrogen-bond acceptors (Lipinski definition) is 4. The van der Waals surface area contributed by atoms with E-state index in [2.05, 4.69) is 29.2 Å². The molecule has 2 aliphatic heterocycles. The van der Waals surface area contributed by atoms with E-state index in [1.807, 2.05) is 18.2 Å². The van der Waals surface area contributed by atoms with Crippen molar-refractivity contribution in [2.24, 2.45) is 0 Å². The second kappa shape index (κ2) is 7.97. The molecule has 0 aliphatic carbocycles. The smallest absolute Gasteiger partial charge is 0.337 e. The highest BCUT2D eigenvalue weighted by molar-refractivity contribution is 5.93. The van der Waals surface area contributed by atoms with Crippen molar-refractivity contribution in [1.29, 1.82) is 0 Å². The topological polar surface area (TPSA) is 38.8 Å². The van der Waals surface area contributed by atoms with E-state index in [9.17, 15) is 4.79 Å². The molecule has 0 radical (unpaired) electrons. The third-order valence-corrected chi connectivity index (χ3v) is 5.37. The van der Waals surface area contributed by atoms with Crippen LogP contribution in [0.2, 0.25) is 0 Å². The number of rotatable bonds is 4. The van der Waals surface area contributed by atoms with Gasteiger partial charge in [0.05, 0.1) is 12.7 Å². The van der Waals surface area contributed by atoms with Crippen molar-refractivity contribution < 1.29 is 14.3 Å². The number of fused-ring (bicyclic) bond motifs is 2. The van der Waals surface area contributed by atoms with Crippen LogP contribution in [-0.4, -0.2) is 37.6 Å². The lowest BCUT2D eigenvalue weighted by atomic mass is 9.92. The number of ether oxygens (including phenoxy) is 2.